The second-order valence-electron chi connectivity index (χ2n) is 11.9. The Labute approximate surface area is 261 Å². The topological polar surface area (TPSA) is 232 Å². The van der Waals surface area contributed by atoms with Crippen LogP contribution in [-0.4, -0.2) is 104 Å². The first-order valence-electron chi connectivity index (χ1n) is 14.8. The number of hydrogen-bond acceptors (Lipinski definition) is 14. The molecule has 17 nitrogen and oxygen atoms in total. The molecular weight excluding hydrogens is 613 g/mol. The number of fused-ring (bicyclic) bond motifs is 2. The minimum atomic E-state index is -4.27. The smallest absolute Gasteiger partial charge is 0.342 e. The molecule has 0 aromatic carbocycles. The number of esters is 2. The Bertz CT molecular complexity index is 1420. The molecule has 2 aromatic rings. The van der Waals surface area contributed by atoms with E-state index in [1.54, 1.807) is 48.5 Å². The summed E-state index contributed by atoms with van der Waals surface area (Å²) < 4.78 is 43.5. The van der Waals surface area contributed by atoms with Crippen LogP contribution in [0.5, 0.6) is 5.88 Å². The minimum absolute atomic E-state index is 0.0717. The van der Waals surface area contributed by atoms with Crippen molar-refractivity contribution < 1.29 is 47.8 Å². The van der Waals surface area contributed by atoms with Gasteiger partial charge in [0.15, 0.2) is 11.2 Å². The van der Waals surface area contributed by atoms with Gasteiger partial charge in [-0.25, -0.2) is 15.2 Å². The van der Waals surface area contributed by atoms with Crippen molar-refractivity contribution in [1.82, 2.24) is 29.7 Å². The number of aromatic nitrogens is 4. The van der Waals surface area contributed by atoms with Gasteiger partial charge in [0.25, 0.3) is 0 Å². The number of anilines is 1. The SMILES string of the molecule is CCOC(=O)[C@@H](NP(=O)(N[C@@H](C(=O)OCC)C(C)C)OC[C@H]1OC2(C)[C@@H](n3cnc4c(OC)nc(N)nc43)C2(O)C1O)C(C)C. The molecule has 2 aromatic heterocycles. The van der Waals surface area contributed by atoms with Gasteiger partial charge in [0, 0.05) is 0 Å². The first-order chi connectivity index (χ1) is 21.1. The van der Waals surface area contributed by atoms with Crippen LogP contribution >= 0.6 is 7.67 Å². The van der Waals surface area contributed by atoms with E-state index in [0.717, 1.165) is 0 Å². The minimum Gasteiger partial charge on any atom is -0.479 e. The van der Waals surface area contributed by atoms with Gasteiger partial charge in [0.2, 0.25) is 11.8 Å². The summed E-state index contributed by atoms with van der Waals surface area (Å²) in [6.45, 7) is 11.5. The third-order valence-corrected chi connectivity index (χ3v) is 9.93. The van der Waals surface area contributed by atoms with Crippen LogP contribution in [0.25, 0.3) is 11.2 Å². The molecule has 1 saturated carbocycles. The molecule has 8 atom stereocenters. The Hall–Kier alpha value is -2.92. The molecule has 2 aliphatic rings. The lowest BCUT2D eigenvalue weighted by Crippen LogP contribution is -2.49. The van der Waals surface area contributed by atoms with Crippen LogP contribution in [0.4, 0.5) is 5.95 Å². The van der Waals surface area contributed by atoms with E-state index in [9.17, 15) is 24.4 Å². The highest BCUT2D eigenvalue weighted by atomic mass is 31.2. The molecule has 2 fully saturated rings. The molecule has 18 heteroatoms. The highest BCUT2D eigenvalue weighted by Crippen LogP contribution is 2.68. The first kappa shape index (κ1) is 34.9. The van der Waals surface area contributed by atoms with Gasteiger partial charge in [0.05, 0.1) is 33.3 Å². The standard InChI is InChI=1S/C27H44N7O10P/c1-9-41-22(36)16(13(3)4)32-45(39,33-17(14(5)6)23(37)42-10-2)43-11-15-19(35)27(38)24(26(27,7)44-15)34-12-29-18-20(34)30-25(28)31-21(18)40-8/h12-17,19,24,35,38H,9-11H2,1-8H3,(H2,28,30,31)(H2,32,33,39)/t15-,16-,17+,19?,24-,26?,27?,45?/m1/s1. The van der Waals surface area contributed by atoms with Crippen LogP contribution in [0.2, 0.25) is 0 Å². The zero-order valence-corrected chi connectivity index (χ0v) is 27.6. The maximum atomic E-state index is 14.4. The fourth-order valence-electron chi connectivity index (χ4n) is 5.76. The first-order valence-corrected chi connectivity index (χ1v) is 16.5. The van der Waals surface area contributed by atoms with Crippen LogP contribution in [0.15, 0.2) is 6.33 Å². The lowest BCUT2D eigenvalue weighted by molar-refractivity contribution is -0.146. The van der Waals surface area contributed by atoms with Crippen LogP contribution in [0, 0.1) is 11.8 Å². The average Bonchev–Trinajstić information content (AvgIpc) is 3.18. The van der Waals surface area contributed by atoms with Gasteiger partial charge >= 0.3 is 19.6 Å². The number of nitrogens with two attached hydrogens (primary N) is 1. The number of carbonyl (C=O) groups is 2. The Balaban J connectivity index is 1.58. The van der Waals surface area contributed by atoms with Gasteiger partial charge in [-0.3, -0.25) is 14.2 Å². The summed E-state index contributed by atoms with van der Waals surface area (Å²) in [4.78, 5) is 38.0. The molecule has 252 valence electrons. The van der Waals surface area contributed by atoms with Crippen LogP contribution in [0.3, 0.4) is 0 Å². The number of ether oxygens (including phenoxy) is 4. The van der Waals surface area contributed by atoms with Crippen LogP contribution < -0.4 is 20.6 Å². The van der Waals surface area contributed by atoms with E-state index >= 15 is 0 Å². The van der Waals surface area contributed by atoms with Gasteiger partial charge < -0.3 is 44.0 Å². The molecule has 0 bridgehead atoms. The number of carbonyl (C=O) groups excluding carboxylic acids is 2. The Morgan fingerprint density at radius 1 is 1.11 bits per heavy atom. The lowest BCUT2D eigenvalue weighted by Gasteiger charge is -2.32. The third kappa shape index (κ3) is 6.26. The van der Waals surface area contributed by atoms with E-state index in [1.807, 2.05) is 0 Å². The van der Waals surface area contributed by atoms with E-state index in [2.05, 4.69) is 25.1 Å². The fourth-order valence-corrected chi connectivity index (χ4v) is 7.88. The van der Waals surface area contributed by atoms with Crippen LogP contribution in [-0.2, 0) is 32.9 Å². The number of hydrogen-bond donors (Lipinski definition) is 5. The summed E-state index contributed by atoms with van der Waals surface area (Å²) in [5, 5.41) is 28.5. The molecule has 3 heterocycles. The molecule has 0 spiro atoms. The van der Waals surface area contributed by atoms with Crippen molar-refractivity contribution in [3.05, 3.63) is 6.33 Å². The molecule has 1 aliphatic carbocycles. The number of aliphatic hydroxyl groups is 2. The molecule has 4 unspecified atom stereocenters. The lowest BCUT2D eigenvalue weighted by atomic mass is 10.1. The fraction of sp³-hybridized carbons (Fsp3) is 0.741. The molecule has 0 amide bonds. The van der Waals surface area contributed by atoms with Gasteiger partial charge in [-0.1, -0.05) is 27.7 Å². The van der Waals surface area contributed by atoms with Crippen LogP contribution in [0.1, 0.15) is 54.5 Å². The maximum Gasteiger partial charge on any atom is 0.342 e. The summed E-state index contributed by atoms with van der Waals surface area (Å²) in [5.41, 5.74) is 3.27. The quantitative estimate of drug-likeness (QED) is 0.131. The largest absolute Gasteiger partial charge is 0.479 e. The number of methoxy groups -OCH3 is 1. The summed E-state index contributed by atoms with van der Waals surface area (Å²) in [6, 6.07) is -2.98. The summed E-state index contributed by atoms with van der Waals surface area (Å²) in [7, 11) is -2.86. The molecule has 0 radical (unpaired) electrons. The van der Waals surface area contributed by atoms with Crippen molar-refractivity contribution in [3.63, 3.8) is 0 Å². The molecule has 1 saturated heterocycles. The summed E-state index contributed by atoms with van der Waals surface area (Å²) in [6.07, 6.45) is -1.26. The highest BCUT2D eigenvalue weighted by molar-refractivity contribution is 7.54. The van der Waals surface area contributed by atoms with Crippen molar-refractivity contribution in [2.45, 2.75) is 90.0 Å². The zero-order valence-electron chi connectivity index (χ0n) is 26.7. The molecule has 6 N–H and O–H groups in total. The maximum absolute atomic E-state index is 14.4. The normalized spacial score (nSPS) is 28.5. The average molecular weight is 658 g/mol. The van der Waals surface area contributed by atoms with E-state index in [0.29, 0.717) is 5.52 Å². The van der Waals surface area contributed by atoms with Crippen molar-refractivity contribution in [1.29, 1.82) is 0 Å². The van der Waals surface area contributed by atoms with E-state index in [4.69, 9.17) is 29.2 Å². The number of nitrogen functional groups attached to an aromatic ring is 1. The number of nitrogens with one attached hydrogen (secondary N) is 2. The number of imidazole rings is 1. The summed E-state index contributed by atoms with van der Waals surface area (Å²) >= 11 is 0. The second kappa shape index (κ2) is 13.1. The number of aliphatic hydroxyl groups excluding tert-OH is 1. The van der Waals surface area contributed by atoms with Gasteiger partial charge in [0.1, 0.15) is 41.5 Å². The molecule has 4 rings (SSSR count). The molecule has 45 heavy (non-hydrogen) atoms. The van der Waals surface area contributed by atoms with Crippen molar-refractivity contribution in [2.75, 3.05) is 32.7 Å². The predicted molar refractivity (Wildman–Crippen MR) is 160 cm³/mol. The van der Waals surface area contributed by atoms with Crippen molar-refractivity contribution in [3.8, 4) is 5.88 Å². The predicted octanol–water partition coefficient (Wildman–Crippen LogP) is 0.701. The Morgan fingerprint density at radius 3 is 2.11 bits per heavy atom. The number of nitrogens with zero attached hydrogens (tertiary/aromatic N) is 4. The highest BCUT2D eigenvalue weighted by Gasteiger charge is 2.85. The zero-order chi connectivity index (χ0) is 33.5. The third-order valence-electron chi connectivity index (χ3n) is 8.18. The van der Waals surface area contributed by atoms with Crippen molar-refractivity contribution >= 4 is 36.7 Å². The van der Waals surface area contributed by atoms with E-state index < -0.39 is 67.8 Å². The van der Waals surface area contributed by atoms with Crippen molar-refractivity contribution in [2.24, 2.45) is 11.8 Å². The van der Waals surface area contributed by atoms with E-state index in [-0.39, 0.29) is 42.5 Å². The Morgan fingerprint density at radius 2 is 1.67 bits per heavy atom. The number of rotatable bonds is 15. The van der Waals surface area contributed by atoms with E-state index in [1.165, 1.54) is 18.0 Å². The van der Waals surface area contributed by atoms with Gasteiger partial charge in [-0.2, -0.15) is 9.97 Å². The monoisotopic (exact) mass is 657 g/mol. The second-order valence-corrected chi connectivity index (χ2v) is 13.8. The Kier molecular flexibility index (Phi) is 10.1. The molecular formula is C27H44N7O10P. The van der Waals surface area contributed by atoms with Gasteiger partial charge in [-0.15, -0.1) is 0 Å². The van der Waals surface area contributed by atoms with Gasteiger partial charge in [-0.05, 0) is 32.6 Å². The summed E-state index contributed by atoms with van der Waals surface area (Å²) in [5.74, 6) is -2.01. The molecule has 1 aliphatic heterocycles.